The number of methoxy groups -OCH3 is 2. The van der Waals surface area contributed by atoms with Gasteiger partial charge in [0.15, 0.2) is 27.9 Å². The number of esters is 1. The van der Waals surface area contributed by atoms with Gasteiger partial charge in [-0.1, -0.05) is 6.92 Å². The van der Waals surface area contributed by atoms with Crippen LogP contribution in [0.15, 0.2) is 18.2 Å². The predicted molar refractivity (Wildman–Crippen MR) is 103 cm³/mol. The molecule has 1 aromatic carbocycles. The number of nitrogens with zero attached hydrogens (tertiary/aromatic N) is 1. The molecule has 28 heavy (non-hydrogen) atoms. The molecule has 1 fully saturated rings. The number of ether oxygens (including phenoxy) is 3. The van der Waals surface area contributed by atoms with Crippen LogP contribution in [0.4, 0.5) is 0 Å². The highest BCUT2D eigenvalue weighted by atomic mass is 32.2. The zero-order valence-corrected chi connectivity index (χ0v) is 17.5. The van der Waals surface area contributed by atoms with Gasteiger partial charge >= 0.3 is 5.97 Å². The molecular weight excluding hydrogens is 386 g/mol. The minimum atomic E-state index is -3.13. The van der Waals surface area contributed by atoms with Gasteiger partial charge in [0.1, 0.15) is 0 Å². The molecule has 0 saturated carbocycles. The van der Waals surface area contributed by atoms with Gasteiger partial charge in [-0.15, -0.1) is 0 Å². The lowest BCUT2D eigenvalue weighted by atomic mass is 10.1. The van der Waals surface area contributed by atoms with E-state index in [1.807, 2.05) is 13.8 Å². The minimum Gasteiger partial charge on any atom is -0.493 e. The maximum absolute atomic E-state index is 12.7. The Morgan fingerprint density at radius 3 is 2.43 bits per heavy atom. The molecule has 1 saturated heterocycles. The first-order chi connectivity index (χ1) is 13.2. The quantitative estimate of drug-likeness (QED) is 0.598. The van der Waals surface area contributed by atoms with Crippen LogP contribution >= 0.6 is 0 Å². The molecule has 0 N–H and O–H groups in total. The Bertz CT molecular complexity index is 822. The molecule has 1 aliphatic heterocycles. The molecule has 0 aliphatic carbocycles. The van der Waals surface area contributed by atoms with Crippen LogP contribution in [0.25, 0.3) is 0 Å². The lowest BCUT2D eigenvalue weighted by Crippen LogP contribution is -2.48. The summed E-state index contributed by atoms with van der Waals surface area (Å²) < 4.78 is 39.1. The lowest BCUT2D eigenvalue weighted by molar-refractivity contribution is -0.138. The van der Waals surface area contributed by atoms with Crippen molar-refractivity contribution in [1.29, 1.82) is 0 Å². The largest absolute Gasteiger partial charge is 0.493 e. The molecule has 8 nitrogen and oxygen atoms in total. The first-order valence-electron chi connectivity index (χ1n) is 9.13. The number of carbonyl (C=O) groups excluding carboxylic acids is 2. The van der Waals surface area contributed by atoms with Gasteiger partial charge in [0.25, 0.3) is 5.91 Å². The summed E-state index contributed by atoms with van der Waals surface area (Å²) in [6, 6.07) is 4.04. The van der Waals surface area contributed by atoms with Crippen molar-refractivity contribution in [2.75, 3.05) is 32.3 Å². The van der Waals surface area contributed by atoms with Gasteiger partial charge in [0.2, 0.25) is 0 Å². The summed E-state index contributed by atoms with van der Waals surface area (Å²) in [4.78, 5) is 26.6. The first-order valence-corrected chi connectivity index (χ1v) is 10.9. The highest BCUT2D eigenvalue weighted by Crippen LogP contribution is 2.28. The Hall–Kier alpha value is -2.29. The minimum absolute atomic E-state index is 0.0489. The van der Waals surface area contributed by atoms with Gasteiger partial charge < -0.3 is 19.1 Å². The Balaban J connectivity index is 2.06. The molecule has 0 aromatic heterocycles. The molecule has 2 rings (SSSR count). The Morgan fingerprint density at radius 2 is 1.89 bits per heavy atom. The second-order valence-electron chi connectivity index (χ2n) is 6.76. The summed E-state index contributed by atoms with van der Waals surface area (Å²) >= 11 is 0. The molecule has 156 valence electrons. The Labute approximate surface area is 165 Å². The third kappa shape index (κ3) is 5.15. The number of sulfone groups is 1. The average Bonchev–Trinajstić information content (AvgIpc) is 3.04. The third-order valence-corrected chi connectivity index (χ3v) is 6.65. The maximum atomic E-state index is 12.7. The Morgan fingerprint density at radius 1 is 1.21 bits per heavy atom. The van der Waals surface area contributed by atoms with Crippen molar-refractivity contribution < 1.29 is 32.2 Å². The number of hydrogen-bond acceptors (Lipinski definition) is 7. The van der Waals surface area contributed by atoms with Crippen LogP contribution in [0.5, 0.6) is 11.5 Å². The Kier molecular flexibility index (Phi) is 7.29. The molecule has 0 spiro atoms. The van der Waals surface area contributed by atoms with Gasteiger partial charge in [0, 0.05) is 12.1 Å². The van der Waals surface area contributed by atoms with Crippen molar-refractivity contribution in [3.05, 3.63) is 23.8 Å². The van der Waals surface area contributed by atoms with E-state index in [0.717, 1.165) is 0 Å². The summed E-state index contributed by atoms with van der Waals surface area (Å²) in [5.41, 5.74) is 0.226. The standard InChI is InChI=1S/C19H27NO7S/c1-5-13(2)20(15-8-9-28(23,24)12-15)18(21)11-27-19(22)14-6-7-16(25-3)17(10-14)26-4/h6-7,10,13,15H,5,8-9,11-12H2,1-4H3. The average molecular weight is 413 g/mol. The summed E-state index contributed by atoms with van der Waals surface area (Å²) in [6.07, 6.45) is 1.08. The van der Waals surface area contributed by atoms with E-state index in [4.69, 9.17) is 14.2 Å². The van der Waals surface area contributed by atoms with E-state index in [2.05, 4.69) is 0 Å². The van der Waals surface area contributed by atoms with Crippen molar-refractivity contribution in [3.63, 3.8) is 0 Å². The summed E-state index contributed by atoms with van der Waals surface area (Å²) in [5.74, 6) is -0.195. The summed E-state index contributed by atoms with van der Waals surface area (Å²) in [5, 5.41) is 0. The summed E-state index contributed by atoms with van der Waals surface area (Å²) in [7, 11) is -0.190. The SMILES string of the molecule is CCC(C)N(C(=O)COC(=O)c1ccc(OC)c(OC)c1)C1CCS(=O)(=O)C1. The van der Waals surface area contributed by atoms with Crippen LogP contribution in [-0.2, 0) is 19.4 Å². The molecule has 1 aromatic rings. The normalized spacial score (nSPS) is 18.9. The molecule has 1 amide bonds. The van der Waals surface area contributed by atoms with Crippen molar-refractivity contribution in [2.24, 2.45) is 0 Å². The van der Waals surface area contributed by atoms with Crippen LogP contribution < -0.4 is 9.47 Å². The van der Waals surface area contributed by atoms with E-state index < -0.39 is 28.3 Å². The lowest BCUT2D eigenvalue weighted by Gasteiger charge is -2.33. The molecule has 0 bridgehead atoms. The molecule has 2 atom stereocenters. The topological polar surface area (TPSA) is 99.2 Å². The number of rotatable bonds is 8. The van der Waals surface area contributed by atoms with Crippen LogP contribution in [0, 0.1) is 0 Å². The van der Waals surface area contributed by atoms with Crippen molar-refractivity contribution in [2.45, 2.75) is 38.8 Å². The number of hydrogen-bond donors (Lipinski definition) is 0. The fourth-order valence-corrected chi connectivity index (χ4v) is 4.96. The van der Waals surface area contributed by atoms with Gasteiger partial charge in [-0.3, -0.25) is 4.79 Å². The van der Waals surface area contributed by atoms with Gasteiger partial charge in [-0.25, -0.2) is 13.2 Å². The summed E-state index contributed by atoms with van der Waals surface area (Å²) in [6.45, 7) is 3.33. The fourth-order valence-electron chi connectivity index (χ4n) is 3.25. The highest BCUT2D eigenvalue weighted by molar-refractivity contribution is 7.91. The maximum Gasteiger partial charge on any atom is 0.338 e. The van der Waals surface area contributed by atoms with E-state index in [1.54, 1.807) is 11.0 Å². The van der Waals surface area contributed by atoms with Gasteiger partial charge in [-0.05, 0) is 38.0 Å². The molecule has 9 heteroatoms. The smallest absolute Gasteiger partial charge is 0.338 e. The van der Waals surface area contributed by atoms with Crippen LogP contribution in [-0.4, -0.2) is 69.6 Å². The fraction of sp³-hybridized carbons (Fsp3) is 0.579. The predicted octanol–water partition coefficient (Wildman–Crippen LogP) is 1.67. The van der Waals surface area contributed by atoms with E-state index in [9.17, 15) is 18.0 Å². The van der Waals surface area contributed by atoms with Gasteiger partial charge in [-0.2, -0.15) is 0 Å². The van der Waals surface area contributed by atoms with E-state index >= 15 is 0 Å². The molecular formula is C19H27NO7S. The van der Waals surface area contributed by atoms with Crippen LogP contribution in [0.2, 0.25) is 0 Å². The van der Waals surface area contributed by atoms with E-state index in [-0.39, 0.29) is 29.2 Å². The van der Waals surface area contributed by atoms with Crippen molar-refractivity contribution in [1.82, 2.24) is 4.90 Å². The second-order valence-corrected chi connectivity index (χ2v) is 8.99. The second kappa shape index (κ2) is 9.27. The molecule has 0 radical (unpaired) electrons. The monoisotopic (exact) mass is 413 g/mol. The van der Waals surface area contributed by atoms with E-state index in [1.165, 1.54) is 26.4 Å². The molecule has 1 aliphatic rings. The van der Waals surface area contributed by atoms with Crippen molar-refractivity contribution >= 4 is 21.7 Å². The van der Waals surface area contributed by atoms with Crippen LogP contribution in [0.3, 0.4) is 0 Å². The first kappa shape index (κ1) is 22.0. The zero-order valence-electron chi connectivity index (χ0n) is 16.6. The molecule has 1 heterocycles. The number of amides is 1. The van der Waals surface area contributed by atoms with Gasteiger partial charge in [0.05, 0.1) is 31.3 Å². The molecule has 2 unspecified atom stereocenters. The number of benzene rings is 1. The number of carbonyl (C=O) groups is 2. The van der Waals surface area contributed by atoms with Crippen LogP contribution in [0.1, 0.15) is 37.0 Å². The van der Waals surface area contributed by atoms with Crippen molar-refractivity contribution in [3.8, 4) is 11.5 Å². The highest BCUT2D eigenvalue weighted by Gasteiger charge is 2.36. The van der Waals surface area contributed by atoms with E-state index in [0.29, 0.717) is 24.3 Å². The zero-order chi connectivity index (χ0) is 20.9. The third-order valence-electron chi connectivity index (χ3n) is 4.90.